The van der Waals surface area contributed by atoms with E-state index in [0.717, 1.165) is 30.7 Å². The Morgan fingerprint density at radius 1 is 1.42 bits per heavy atom. The lowest BCUT2D eigenvalue weighted by Crippen LogP contribution is -2.52. The van der Waals surface area contributed by atoms with Crippen LogP contribution in [0.15, 0.2) is 22.7 Å². The maximum absolute atomic E-state index is 6.11. The molecule has 1 aromatic carbocycles. The lowest BCUT2D eigenvalue weighted by molar-refractivity contribution is 0.199. The highest BCUT2D eigenvalue weighted by Crippen LogP contribution is 2.30. The van der Waals surface area contributed by atoms with Crippen LogP contribution in [0.1, 0.15) is 32.4 Å². The SMILES string of the molecule is CCN1CCN(c2cc(Br)ccc2C(C)N)CC1C. The van der Waals surface area contributed by atoms with E-state index in [1.807, 2.05) is 0 Å². The molecule has 2 unspecified atom stereocenters. The molecule has 1 aromatic rings. The first-order chi connectivity index (χ1) is 9.02. The Labute approximate surface area is 124 Å². The lowest BCUT2D eigenvalue weighted by atomic mass is 10.0. The predicted octanol–water partition coefficient (Wildman–Crippen LogP) is 3.00. The fourth-order valence-corrected chi connectivity index (χ4v) is 3.21. The van der Waals surface area contributed by atoms with Crippen LogP contribution >= 0.6 is 15.9 Å². The zero-order valence-corrected chi connectivity index (χ0v) is 13.7. The molecule has 1 saturated heterocycles. The summed E-state index contributed by atoms with van der Waals surface area (Å²) in [7, 11) is 0. The molecule has 19 heavy (non-hydrogen) atoms. The summed E-state index contributed by atoms with van der Waals surface area (Å²) < 4.78 is 1.12. The van der Waals surface area contributed by atoms with Gasteiger partial charge in [0.15, 0.2) is 0 Å². The molecular formula is C15H24BrN3. The number of likely N-dealkylation sites (N-methyl/N-ethyl adjacent to an activating group) is 1. The first kappa shape index (κ1) is 14.8. The summed E-state index contributed by atoms with van der Waals surface area (Å²) in [6.07, 6.45) is 0. The van der Waals surface area contributed by atoms with Crippen molar-refractivity contribution in [3.8, 4) is 0 Å². The number of nitrogens with zero attached hydrogens (tertiary/aromatic N) is 2. The van der Waals surface area contributed by atoms with Gasteiger partial charge in [0.05, 0.1) is 0 Å². The largest absolute Gasteiger partial charge is 0.368 e. The van der Waals surface area contributed by atoms with Crippen LogP contribution in [0.5, 0.6) is 0 Å². The summed E-state index contributed by atoms with van der Waals surface area (Å²) in [5.74, 6) is 0. The lowest BCUT2D eigenvalue weighted by Gasteiger charge is -2.41. The Hall–Kier alpha value is -0.580. The summed E-state index contributed by atoms with van der Waals surface area (Å²) >= 11 is 3.57. The van der Waals surface area contributed by atoms with Gasteiger partial charge in [0.25, 0.3) is 0 Å². The molecule has 0 radical (unpaired) electrons. The normalized spacial score (nSPS) is 22.6. The summed E-state index contributed by atoms with van der Waals surface area (Å²) in [4.78, 5) is 5.00. The van der Waals surface area contributed by atoms with Crippen molar-refractivity contribution in [2.24, 2.45) is 5.73 Å². The Morgan fingerprint density at radius 2 is 2.16 bits per heavy atom. The number of hydrogen-bond acceptors (Lipinski definition) is 3. The molecule has 2 N–H and O–H groups in total. The monoisotopic (exact) mass is 325 g/mol. The number of nitrogens with two attached hydrogens (primary N) is 1. The fraction of sp³-hybridized carbons (Fsp3) is 0.600. The zero-order chi connectivity index (χ0) is 14.0. The number of halogens is 1. The van der Waals surface area contributed by atoms with Gasteiger partial charge >= 0.3 is 0 Å². The molecule has 4 heteroatoms. The van der Waals surface area contributed by atoms with Crippen molar-refractivity contribution in [1.29, 1.82) is 0 Å². The summed E-state index contributed by atoms with van der Waals surface area (Å²) in [6, 6.07) is 7.09. The number of piperazine rings is 1. The van der Waals surface area contributed by atoms with Crippen molar-refractivity contribution in [3.05, 3.63) is 28.2 Å². The molecule has 0 bridgehead atoms. The van der Waals surface area contributed by atoms with E-state index in [1.165, 1.54) is 11.3 Å². The molecule has 2 rings (SSSR count). The van der Waals surface area contributed by atoms with Crippen molar-refractivity contribution >= 4 is 21.6 Å². The second-order valence-electron chi connectivity index (χ2n) is 5.42. The van der Waals surface area contributed by atoms with Crippen LogP contribution in [0.3, 0.4) is 0 Å². The molecule has 0 amide bonds. The first-order valence-electron chi connectivity index (χ1n) is 7.07. The van der Waals surface area contributed by atoms with E-state index < -0.39 is 0 Å². The number of anilines is 1. The second-order valence-corrected chi connectivity index (χ2v) is 6.33. The highest BCUT2D eigenvalue weighted by Gasteiger charge is 2.24. The van der Waals surface area contributed by atoms with Crippen LogP contribution in [0.25, 0.3) is 0 Å². The minimum absolute atomic E-state index is 0.0719. The Kier molecular flexibility index (Phi) is 4.87. The van der Waals surface area contributed by atoms with Gasteiger partial charge in [-0.15, -0.1) is 0 Å². The average Bonchev–Trinajstić information content (AvgIpc) is 2.38. The second kappa shape index (κ2) is 6.25. The molecule has 1 fully saturated rings. The Morgan fingerprint density at radius 3 is 2.74 bits per heavy atom. The Balaban J connectivity index is 2.24. The molecule has 0 aliphatic carbocycles. The van der Waals surface area contributed by atoms with Crippen LogP contribution < -0.4 is 10.6 Å². The van der Waals surface area contributed by atoms with Crippen LogP contribution in [0, 0.1) is 0 Å². The Bertz CT molecular complexity index is 433. The minimum Gasteiger partial charge on any atom is -0.368 e. The minimum atomic E-state index is 0.0719. The van der Waals surface area contributed by atoms with Crippen molar-refractivity contribution < 1.29 is 0 Å². The first-order valence-corrected chi connectivity index (χ1v) is 7.86. The van der Waals surface area contributed by atoms with E-state index in [9.17, 15) is 0 Å². The van der Waals surface area contributed by atoms with Gasteiger partial charge in [-0.25, -0.2) is 0 Å². The zero-order valence-electron chi connectivity index (χ0n) is 12.1. The van der Waals surface area contributed by atoms with Gasteiger partial charge in [0.1, 0.15) is 0 Å². The van der Waals surface area contributed by atoms with E-state index in [0.29, 0.717) is 6.04 Å². The van der Waals surface area contributed by atoms with Gasteiger partial charge in [-0.1, -0.05) is 28.9 Å². The topological polar surface area (TPSA) is 32.5 Å². The van der Waals surface area contributed by atoms with Gasteiger partial charge < -0.3 is 10.6 Å². The van der Waals surface area contributed by atoms with E-state index in [2.05, 4.69) is 64.7 Å². The van der Waals surface area contributed by atoms with Crippen LogP contribution in [0.2, 0.25) is 0 Å². The maximum Gasteiger partial charge on any atom is 0.0426 e. The standard InChI is InChI=1S/C15H24BrN3/c1-4-18-7-8-19(10-11(18)2)15-9-13(16)5-6-14(15)12(3)17/h5-6,9,11-12H,4,7-8,10,17H2,1-3H3. The third kappa shape index (κ3) is 3.30. The summed E-state index contributed by atoms with van der Waals surface area (Å²) in [5.41, 5.74) is 8.63. The highest BCUT2D eigenvalue weighted by atomic mass is 79.9. The fourth-order valence-electron chi connectivity index (χ4n) is 2.86. The van der Waals surface area contributed by atoms with Crippen molar-refractivity contribution in [2.75, 3.05) is 31.1 Å². The van der Waals surface area contributed by atoms with Gasteiger partial charge in [-0.05, 0) is 38.1 Å². The molecule has 3 nitrogen and oxygen atoms in total. The molecule has 1 aliphatic heterocycles. The quantitative estimate of drug-likeness (QED) is 0.927. The highest BCUT2D eigenvalue weighted by molar-refractivity contribution is 9.10. The molecule has 1 aliphatic rings. The smallest absolute Gasteiger partial charge is 0.0426 e. The molecule has 106 valence electrons. The van der Waals surface area contributed by atoms with Crippen LogP contribution in [0.4, 0.5) is 5.69 Å². The van der Waals surface area contributed by atoms with Crippen molar-refractivity contribution in [1.82, 2.24) is 4.90 Å². The maximum atomic E-state index is 6.11. The third-order valence-corrected chi connectivity index (χ3v) is 4.49. The van der Waals surface area contributed by atoms with Crippen molar-refractivity contribution in [3.63, 3.8) is 0 Å². The average molecular weight is 326 g/mol. The molecule has 0 aromatic heterocycles. The van der Waals surface area contributed by atoms with Gasteiger partial charge in [-0.2, -0.15) is 0 Å². The summed E-state index contributed by atoms with van der Waals surface area (Å²) in [5, 5.41) is 0. The summed E-state index contributed by atoms with van der Waals surface area (Å²) in [6.45, 7) is 11.0. The van der Waals surface area contributed by atoms with Gasteiger partial charge in [0, 0.05) is 41.9 Å². The van der Waals surface area contributed by atoms with Gasteiger partial charge in [0.2, 0.25) is 0 Å². The van der Waals surface area contributed by atoms with E-state index in [-0.39, 0.29) is 6.04 Å². The molecule has 0 spiro atoms. The molecule has 2 atom stereocenters. The van der Waals surface area contributed by atoms with E-state index >= 15 is 0 Å². The van der Waals surface area contributed by atoms with Gasteiger partial charge in [-0.3, -0.25) is 4.90 Å². The number of rotatable bonds is 3. The number of hydrogen-bond donors (Lipinski definition) is 1. The van der Waals surface area contributed by atoms with E-state index in [4.69, 9.17) is 5.73 Å². The van der Waals surface area contributed by atoms with Crippen molar-refractivity contribution in [2.45, 2.75) is 32.9 Å². The third-order valence-electron chi connectivity index (χ3n) is 4.00. The molecule has 0 saturated carbocycles. The van der Waals surface area contributed by atoms with E-state index in [1.54, 1.807) is 0 Å². The number of benzene rings is 1. The van der Waals surface area contributed by atoms with Crippen LogP contribution in [-0.4, -0.2) is 37.1 Å². The molecular weight excluding hydrogens is 302 g/mol. The van der Waals surface area contributed by atoms with Crippen LogP contribution in [-0.2, 0) is 0 Å². The predicted molar refractivity (Wildman–Crippen MR) is 85.7 cm³/mol. The molecule has 1 heterocycles.